The summed E-state index contributed by atoms with van der Waals surface area (Å²) < 4.78 is 0. The Hall–Kier alpha value is -2.09. The Morgan fingerprint density at radius 3 is 1.95 bits per heavy atom. The molecule has 0 heterocycles. The molecule has 0 fully saturated rings. The molecule has 2 heteroatoms. The zero-order valence-electron chi connectivity index (χ0n) is 12.5. The Morgan fingerprint density at radius 2 is 1.43 bits per heavy atom. The van der Waals surface area contributed by atoms with Gasteiger partial charge in [-0.3, -0.25) is 0 Å². The molecule has 2 aromatic rings. The van der Waals surface area contributed by atoms with E-state index in [4.69, 9.17) is 0 Å². The van der Waals surface area contributed by atoms with Gasteiger partial charge in [0, 0.05) is 0 Å². The van der Waals surface area contributed by atoms with E-state index in [-0.39, 0.29) is 5.56 Å². The molecule has 0 saturated heterocycles. The molecule has 0 aliphatic carbocycles. The summed E-state index contributed by atoms with van der Waals surface area (Å²) in [4.78, 5) is 10.7. The predicted octanol–water partition coefficient (Wildman–Crippen LogP) is 3.84. The van der Waals surface area contributed by atoms with Gasteiger partial charge >= 0.3 is 0 Å². The minimum atomic E-state index is -1.14. The highest BCUT2D eigenvalue weighted by molar-refractivity contribution is 5.86. The molecule has 0 radical (unpaired) electrons. The standard InChI is InChI=1S/C19H22O2/c1-2-3-4-5-6-15-7-9-16(10-8-15)17-11-13-18(14-12-17)19(20)21/h7-14H,2-6H2,1H3,(H,20,21)/p-1. The fourth-order valence-corrected chi connectivity index (χ4v) is 2.42. The molecule has 0 unspecified atom stereocenters. The van der Waals surface area contributed by atoms with Gasteiger partial charge in [-0.15, -0.1) is 0 Å². The first kappa shape index (κ1) is 15.3. The van der Waals surface area contributed by atoms with Crippen molar-refractivity contribution in [3.05, 3.63) is 59.7 Å². The van der Waals surface area contributed by atoms with Gasteiger partial charge in [0.25, 0.3) is 0 Å². The van der Waals surface area contributed by atoms with Crippen molar-refractivity contribution >= 4 is 5.97 Å². The van der Waals surface area contributed by atoms with Crippen LogP contribution in [-0.4, -0.2) is 5.97 Å². The molecule has 2 nitrogen and oxygen atoms in total. The lowest BCUT2D eigenvalue weighted by Crippen LogP contribution is -2.21. The van der Waals surface area contributed by atoms with E-state index in [9.17, 15) is 9.90 Å². The molecular weight excluding hydrogens is 260 g/mol. The molecule has 0 aliphatic heterocycles. The van der Waals surface area contributed by atoms with Crippen molar-refractivity contribution in [2.75, 3.05) is 0 Å². The Kier molecular flexibility index (Phi) is 5.56. The normalized spacial score (nSPS) is 10.5. The summed E-state index contributed by atoms with van der Waals surface area (Å²) in [5, 5.41) is 10.7. The quantitative estimate of drug-likeness (QED) is 0.723. The summed E-state index contributed by atoms with van der Waals surface area (Å²) in [6.07, 6.45) is 6.24. The second-order valence-electron chi connectivity index (χ2n) is 5.37. The number of aryl methyl sites for hydroxylation is 1. The zero-order valence-corrected chi connectivity index (χ0v) is 12.5. The van der Waals surface area contributed by atoms with Gasteiger partial charge in [0.05, 0.1) is 5.97 Å². The van der Waals surface area contributed by atoms with Crippen molar-refractivity contribution in [3.63, 3.8) is 0 Å². The van der Waals surface area contributed by atoms with Crippen molar-refractivity contribution in [2.24, 2.45) is 0 Å². The zero-order chi connectivity index (χ0) is 15.1. The Balaban J connectivity index is 1.99. The molecule has 0 amide bonds. The van der Waals surface area contributed by atoms with Crippen molar-refractivity contribution in [2.45, 2.75) is 39.0 Å². The van der Waals surface area contributed by atoms with E-state index < -0.39 is 5.97 Å². The number of benzene rings is 2. The van der Waals surface area contributed by atoms with Gasteiger partial charge in [-0.05, 0) is 35.1 Å². The van der Waals surface area contributed by atoms with Crippen LogP contribution in [0, 0.1) is 0 Å². The van der Waals surface area contributed by atoms with Gasteiger partial charge in [-0.2, -0.15) is 0 Å². The second-order valence-corrected chi connectivity index (χ2v) is 5.37. The van der Waals surface area contributed by atoms with E-state index in [0.717, 1.165) is 17.5 Å². The Morgan fingerprint density at radius 1 is 0.857 bits per heavy atom. The lowest BCUT2D eigenvalue weighted by Gasteiger charge is -2.07. The van der Waals surface area contributed by atoms with Crippen LogP contribution < -0.4 is 5.11 Å². The first-order valence-corrected chi connectivity index (χ1v) is 7.61. The highest BCUT2D eigenvalue weighted by atomic mass is 16.4. The van der Waals surface area contributed by atoms with Crippen LogP contribution in [0.25, 0.3) is 11.1 Å². The Bertz CT molecular complexity index is 568. The molecule has 2 rings (SSSR count). The monoisotopic (exact) mass is 281 g/mol. The van der Waals surface area contributed by atoms with Gasteiger partial charge in [0.2, 0.25) is 0 Å². The van der Waals surface area contributed by atoms with Crippen molar-refractivity contribution in [1.82, 2.24) is 0 Å². The molecule has 0 spiro atoms. The van der Waals surface area contributed by atoms with Gasteiger partial charge in [0.1, 0.15) is 0 Å². The third-order valence-electron chi connectivity index (χ3n) is 3.73. The molecule has 0 saturated carbocycles. The number of hydrogen-bond acceptors (Lipinski definition) is 2. The average Bonchev–Trinajstić information content (AvgIpc) is 2.52. The average molecular weight is 281 g/mol. The van der Waals surface area contributed by atoms with Crippen molar-refractivity contribution in [3.8, 4) is 11.1 Å². The molecule has 0 aromatic heterocycles. The molecular formula is C19H21O2-. The predicted molar refractivity (Wildman–Crippen MR) is 84.1 cm³/mol. The van der Waals surface area contributed by atoms with Crippen LogP contribution in [-0.2, 0) is 6.42 Å². The fraction of sp³-hybridized carbons (Fsp3) is 0.316. The van der Waals surface area contributed by atoms with Gasteiger partial charge < -0.3 is 9.90 Å². The smallest absolute Gasteiger partial charge is 0.0715 e. The van der Waals surface area contributed by atoms with Gasteiger partial charge in [0.15, 0.2) is 0 Å². The molecule has 0 bridgehead atoms. The maximum atomic E-state index is 10.7. The number of rotatable bonds is 7. The molecule has 0 aliphatic rings. The van der Waals surface area contributed by atoms with Crippen LogP contribution in [0.3, 0.4) is 0 Å². The number of hydrogen-bond donors (Lipinski definition) is 0. The molecule has 110 valence electrons. The van der Waals surface area contributed by atoms with E-state index >= 15 is 0 Å². The minimum absolute atomic E-state index is 0.214. The SMILES string of the molecule is CCCCCCc1ccc(-c2ccc(C(=O)[O-])cc2)cc1. The summed E-state index contributed by atoms with van der Waals surface area (Å²) >= 11 is 0. The van der Waals surface area contributed by atoms with Crippen LogP contribution in [0.15, 0.2) is 48.5 Å². The van der Waals surface area contributed by atoms with Gasteiger partial charge in [-0.1, -0.05) is 74.7 Å². The Labute approximate surface area is 126 Å². The maximum Gasteiger partial charge on any atom is 0.0715 e. The van der Waals surface area contributed by atoms with Crippen LogP contribution in [0.5, 0.6) is 0 Å². The van der Waals surface area contributed by atoms with E-state index in [0.29, 0.717) is 0 Å². The first-order chi connectivity index (χ1) is 10.2. The number of carboxylic acid groups (broad SMARTS) is 1. The number of aromatic carboxylic acids is 1. The van der Waals surface area contributed by atoms with Gasteiger partial charge in [-0.25, -0.2) is 0 Å². The third kappa shape index (κ3) is 4.45. The van der Waals surface area contributed by atoms with E-state index in [1.54, 1.807) is 12.1 Å². The summed E-state index contributed by atoms with van der Waals surface area (Å²) in [7, 11) is 0. The molecule has 2 aromatic carbocycles. The topological polar surface area (TPSA) is 40.1 Å². The lowest BCUT2D eigenvalue weighted by molar-refractivity contribution is -0.255. The van der Waals surface area contributed by atoms with Crippen LogP contribution in [0.4, 0.5) is 0 Å². The lowest BCUT2D eigenvalue weighted by atomic mass is 10.0. The van der Waals surface area contributed by atoms with Crippen LogP contribution in [0.2, 0.25) is 0 Å². The fourth-order valence-electron chi connectivity index (χ4n) is 2.42. The maximum absolute atomic E-state index is 10.7. The molecule has 21 heavy (non-hydrogen) atoms. The van der Waals surface area contributed by atoms with Crippen LogP contribution in [0.1, 0.15) is 48.5 Å². The number of unbranched alkanes of at least 4 members (excludes halogenated alkanes) is 3. The second kappa shape index (κ2) is 7.63. The summed E-state index contributed by atoms with van der Waals surface area (Å²) in [5.74, 6) is -1.14. The molecule has 0 atom stereocenters. The highest BCUT2D eigenvalue weighted by Gasteiger charge is 2.00. The summed E-state index contributed by atoms with van der Waals surface area (Å²) in [5.41, 5.74) is 3.71. The van der Waals surface area contributed by atoms with Crippen LogP contribution >= 0.6 is 0 Å². The number of carbonyl (C=O) groups is 1. The largest absolute Gasteiger partial charge is 0.545 e. The number of carboxylic acids is 1. The highest BCUT2D eigenvalue weighted by Crippen LogP contribution is 2.21. The minimum Gasteiger partial charge on any atom is -0.545 e. The molecule has 0 N–H and O–H groups in total. The third-order valence-corrected chi connectivity index (χ3v) is 3.73. The van der Waals surface area contributed by atoms with E-state index in [1.807, 2.05) is 12.1 Å². The van der Waals surface area contributed by atoms with E-state index in [1.165, 1.54) is 31.2 Å². The summed E-state index contributed by atoms with van der Waals surface area (Å²) in [6.45, 7) is 2.22. The summed E-state index contributed by atoms with van der Waals surface area (Å²) in [6, 6.07) is 15.3. The van der Waals surface area contributed by atoms with E-state index in [2.05, 4.69) is 31.2 Å². The number of carbonyl (C=O) groups excluding carboxylic acids is 1. The van der Waals surface area contributed by atoms with Crippen molar-refractivity contribution in [1.29, 1.82) is 0 Å². The first-order valence-electron chi connectivity index (χ1n) is 7.61. The van der Waals surface area contributed by atoms with Crippen molar-refractivity contribution < 1.29 is 9.90 Å².